The molecule has 0 radical (unpaired) electrons. The minimum absolute atomic E-state index is 0.0680. The monoisotopic (exact) mass is 472 g/mol. The van der Waals surface area contributed by atoms with E-state index in [0.717, 1.165) is 44.2 Å². The van der Waals surface area contributed by atoms with Gasteiger partial charge in [0.05, 0.1) is 18.8 Å². The Labute approximate surface area is 200 Å². The minimum atomic E-state index is -0.345. The van der Waals surface area contributed by atoms with Crippen molar-refractivity contribution in [3.05, 3.63) is 28.5 Å². The molecule has 0 N–H and O–H groups in total. The number of esters is 1. The largest absolute Gasteiger partial charge is 0.465 e. The van der Waals surface area contributed by atoms with Gasteiger partial charge in [-0.25, -0.2) is 14.5 Å². The Bertz CT molecular complexity index is 950. The fourth-order valence-electron chi connectivity index (χ4n) is 5.39. The van der Waals surface area contributed by atoms with E-state index in [-0.39, 0.29) is 17.9 Å². The van der Waals surface area contributed by atoms with Crippen LogP contribution in [-0.4, -0.2) is 39.8 Å². The summed E-state index contributed by atoms with van der Waals surface area (Å²) in [5.41, 5.74) is 1.14. The van der Waals surface area contributed by atoms with Gasteiger partial charge in [-0.2, -0.15) is 5.10 Å². The number of hydrogen-bond donors (Lipinski definition) is 0. The van der Waals surface area contributed by atoms with Crippen LogP contribution in [0.2, 0.25) is 0 Å². The SMILES string of the molecule is CCC(=O)N(c1cc(C2CCC(C)(C)CC2)sc1C(=O)OC)C1CCC(n2cncn2)CC1. The van der Waals surface area contributed by atoms with Crippen molar-refractivity contribution in [3.63, 3.8) is 0 Å². The lowest BCUT2D eigenvalue weighted by Crippen LogP contribution is -2.43. The molecule has 8 heteroatoms. The molecule has 180 valence electrons. The van der Waals surface area contributed by atoms with Gasteiger partial charge in [0.25, 0.3) is 0 Å². The number of carbonyl (C=O) groups excluding carboxylic acids is 2. The van der Waals surface area contributed by atoms with Crippen molar-refractivity contribution in [2.24, 2.45) is 5.41 Å². The zero-order chi connectivity index (χ0) is 23.6. The maximum Gasteiger partial charge on any atom is 0.350 e. The molecule has 2 saturated carbocycles. The normalized spacial score (nSPS) is 23.3. The second kappa shape index (κ2) is 9.95. The van der Waals surface area contributed by atoms with Crippen molar-refractivity contribution in [3.8, 4) is 0 Å². The number of thiophene rings is 1. The van der Waals surface area contributed by atoms with E-state index in [1.165, 1.54) is 36.2 Å². The lowest BCUT2D eigenvalue weighted by molar-refractivity contribution is -0.119. The third-order valence-corrected chi connectivity index (χ3v) is 8.78. The van der Waals surface area contributed by atoms with Crippen molar-refractivity contribution in [2.75, 3.05) is 12.0 Å². The van der Waals surface area contributed by atoms with Gasteiger partial charge in [0.1, 0.15) is 17.5 Å². The topological polar surface area (TPSA) is 77.3 Å². The average molecular weight is 473 g/mol. The fraction of sp³-hybridized carbons (Fsp3) is 0.680. The number of anilines is 1. The first-order valence-corrected chi connectivity index (χ1v) is 13.0. The van der Waals surface area contributed by atoms with Crippen LogP contribution in [0.25, 0.3) is 0 Å². The first-order chi connectivity index (χ1) is 15.8. The molecule has 4 rings (SSSR count). The molecule has 2 fully saturated rings. The van der Waals surface area contributed by atoms with Crippen LogP contribution >= 0.6 is 11.3 Å². The number of carbonyl (C=O) groups is 2. The maximum atomic E-state index is 13.2. The van der Waals surface area contributed by atoms with E-state index in [0.29, 0.717) is 28.7 Å². The molecule has 0 atom stereocenters. The first-order valence-electron chi connectivity index (χ1n) is 12.2. The molecule has 0 aliphatic heterocycles. The number of rotatable bonds is 6. The highest BCUT2D eigenvalue weighted by atomic mass is 32.1. The van der Waals surface area contributed by atoms with Crippen LogP contribution in [0.1, 0.15) is 105 Å². The molecule has 0 spiro atoms. The Kier molecular flexibility index (Phi) is 7.22. The molecule has 0 bridgehead atoms. The molecule has 33 heavy (non-hydrogen) atoms. The molecule has 2 aliphatic carbocycles. The molecule has 0 unspecified atom stereocenters. The van der Waals surface area contributed by atoms with Crippen LogP contribution in [0.4, 0.5) is 5.69 Å². The van der Waals surface area contributed by atoms with Gasteiger partial charge in [-0.05, 0) is 68.8 Å². The summed E-state index contributed by atoms with van der Waals surface area (Å²) >= 11 is 1.53. The van der Waals surface area contributed by atoms with Gasteiger partial charge in [0.15, 0.2) is 0 Å². The zero-order valence-electron chi connectivity index (χ0n) is 20.2. The summed E-state index contributed by atoms with van der Waals surface area (Å²) in [6, 6.07) is 2.51. The summed E-state index contributed by atoms with van der Waals surface area (Å²) in [5.74, 6) is 0.169. The third-order valence-electron chi connectivity index (χ3n) is 7.52. The van der Waals surface area contributed by atoms with E-state index < -0.39 is 0 Å². The van der Waals surface area contributed by atoms with Crippen molar-refractivity contribution < 1.29 is 14.3 Å². The van der Waals surface area contributed by atoms with Crippen LogP contribution in [-0.2, 0) is 9.53 Å². The highest BCUT2D eigenvalue weighted by molar-refractivity contribution is 7.14. The Morgan fingerprint density at radius 2 is 1.88 bits per heavy atom. The van der Waals surface area contributed by atoms with E-state index in [2.05, 4.69) is 30.0 Å². The van der Waals surface area contributed by atoms with Crippen LogP contribution in [0.5, 0.6) is 0 Å². The van der Waals surface area contributed by atoms with Gasteiger partial charge >= 0.3 is 5.97 Å². The molecule has 1 amide bonds. The fourth-order valence-corrected chi connectivity index (χ4v) is 6.63. The third kappa shape index (κ3) is 5.15. The van der Waals surface area contributed by atoms with E-state index >= 15 is 0 Å². The molecule has 0 saturated heterocycles. The van der Waals surface area contributed by atoms with Crippen molar-refractivity contribution in [1.82, 2.24) is 14.8 Å². The summed E-state index contributed by atoms with van der Waals surface area (Å²) in [6.45, 7) is 6.56. The van der Waals surface area contributed by atoms with Gasteiger partial charge in [-0.1, -0.05) is 20.8 Å². The summed E-state index contributed by atoms with van der Waals surface area (Å²) in [7, 11) is 1.42. The second-order valence-corrected chi connectivity index (χ2v) is 11.3. The maximum absolute atomic E-state index is 13.2. The number of ether oxygens (including phenoxy) is 1. The first kappa shape index (κ1) is 23.9. The summed E-state index contributed by atoms with van der Waals surface area (Å²) < 4.78 is 7.07. The Balaban J connectivity index is 1.60. The average Bonchev–Trinajstić information content (AvgIpc) is 3.50. The highest BCUT2D eigenvalue weighted by Crippen LogP contribution is 2.47. The minimum Gasteiger partial charge on any atom is -0.465 e. The van der Waals surface area contributed by atoms with Crippen molar-refractivity contribution >= 4 is 28.9 Å². The molecule has 2 aliphatic rings. The van der Waals surface area contributed by atoms with Gasteiger partial charge < -0.3 is 9.64 Å². The Morgan fingerprint density at radius 3 is 2.45 bits per heavy atom. The molecule has 0 aromatic carbocycles. The predicted octanol–water partition coefficient (Wildman–Crippen LogP) is 5.74. The zero-order valence-corrected chi connectivity index (χ0v) is 21.1. The summed E-state index contributed by atoms with van der Waals surface area (Å²) in [6.07, 6.45) is 12.0. The van der Waals surface area contributed by atoms with E-state index in [1.54, 1.807) is 12.7 Å². The molecule has 2 aromatic rings. The van der Waals surface area contributed by atoms with Gasteiger partial charge in [0, 0.05) is 17.3 Å². The lowest BCUT2D eigenvalue weighted by Gasteiger charge is -2.37. The van der Waals surface area contributed by atoms with Gasteiger partial charge in [0.2, 0.25) is 5.91 Å². The van der Waals surface area contributed by atoms with Gasteiger partial charge in [-0.3, -0.25) is 4.79 Å². The summed E-state index contributed by atoms with van der Waals surface area (Å²) in [4.78, 5) is 33.7. The Hall–Kier alpha value is -2.22. The molecular weight excluding hydrogens is 436 g/mol. The lowest BCUT2D eigenvalue weighted by atomic mass is 9.73. The van der Waals surface area contributed by atoms with Crippen LogP contribution in [0.15, 0.2) is 18.7 Å². The van der Waals surface area contributed by atoms with Crippen molar-refractivity contribution in [2.45, 2.75) is 96.6 Å². The summed E-state index contributed by atoms with van der Waals surface area (Å²) in [5, 5.41) is 4.30. The predicted molar refractivity (Wildman–Crippen MR) is 130 cm³/mol. The van der Waals surface area contributed by atoms with Crippen LogP contribution in [0.3, 0.4) is 0 Å². The molecular formula is C25H36N4O3S. The molecule has 2 aromatic heterocycles. The quantitative estimate of drug-likeness (QED) is 0.501. The molecule has 2 heterocycles. The number of hydrogen-bond acceptors (Lipinski definition) is 6. The van der Waals surface area contributed by atoms with Crippen LogP contribution in [0, 0.1) is 5.41 Å². The Morgan fingerprint density at radius 1 is 1.18 bits per heavy atom. The highest BCUT2D eigenvalue weighted by Gasteiger charge is 2.35. The smallest absolute Gasteiger partial charge is 0.350 e. The van der Waals surface area contributed by atoms with Gasteiger partial charge in [-0.15, -0.1) is 11.3 Å². The standard InChI is InChI=1S/C25H36N4O3S/c1-5-22(30)29(19-8-6-18(7-9-19)28-16-26-15-27-28)20-14-21(33-23(20)24(31)32-4)17-10-12-25(2,3)13-11-17/h14-19H,5-13H2,1-4H3. The number of methoxy groups -OCH3 is 1. The van der Waals surface area contributed by atoms with E-state index in [9.17, 15) is 9.59 Å². The van der Waals surface area contributed by atoms with E-state index in [1.807, 2.05) is 16.5 Å². The second-order valence-electron chi connectivity index (χ2n) is 10.2. The number of aromatic nitrogens is 3. The molecule has 7 nitrogen and oxygen atoms in total. The number of amides is 1. The van der Waals surface area contributed by atoms with E-state index in [4.69, 9.17) is 4.74 Å². The van der Waals surface area contributed by atoms with Crippen LogP contribution < -0.4 is 4.90 Å². The van der Waals surface area contributed by atoms with Crippen molar-refractivity contribution in [1.29, 1.82) is 0 Å². The number of nitrogens with zero attached hydrogens (tertiary/aromatic N) is 4.